The standard InChI is InChI=1S/C26H31F4N5O4/c1-14-20(17(27)13-31-22(14)39-2)18-11-19(34-33-18)23(37)35-10-5-15(12-24(35)8-9-24)21(36)32-16-3-6-25(38,7-4-16)26(28,29)30/h11,13,15-16,38H,3-10,12H2,1-2H3,(H,32,36)(H,33,34)/t15-,16?,25?/m0/s1. The Morgan fingerprint density at radius 3 is 2.51 bits per heavy atom. The van der Waals surface area contributed by atoms with Crippen LogP contribution in [0, 0.1) is 18.7 Å². The van der Waals surface area contributed by atoms with Gasteiger partial charge in [0.25, 0.3) is 5.91 Å². The molecule has 3 aliphatic rings. The molecule has 2 aromatic heterocycles. The number of piperidine rings is 1. The quantitative estimate of drug-likeness (QED) is 0.486. The molecule has 0 radical (unpaired) electrons. The van der Waals surface area contributed by atoms with Crippen LogP contribution in [0.3, 0.4) is 0 Å². The molecule has 1 aliphatic heterocycles. The minimum atomic E-state index is -4.69. The summed E-state index contributed by atoms with van der Waals surface area (Å²) >= 11 is 0. The second-order valence-corrected chi connectivity index (χ2v) is 11.0. The van der Waals surface area contributed by atoms with Gasteiger partial charge in [-0.2, -0.15) is 18.3 Å². The summed E-state index contributed by atoms with van der Waals surface area (Å²) in [6.45, 7) is 1.99. The number of alkyl halides is 3. The zero-order valence-electron chi connectivity index (χ0n) is 21.7. The van der Waals surface area contributed by atoms with Gasteiger partial charge in [-0.25, -0.2) is 9.37 Å². The Morgan fingerprint density at radius 1 is 1.21 bits per heavy atom. The molecule has 1 spiro atoms. The van der Waals surface area contributed by atoms with E-state index < -0.39 is 42.0 Å². The Kier molecular flexibility index (Phi) is 6.84. The van der Waals surface area contributed by atoms with Crippen molar-refractivity contribution in [2.45, 2.75) is 81.6 Å². The average molecular weight is 554 g/mol. The zero-order chi connectivity index (χ0) is 28.2. The number of aromatic nitrogens is 3. The highest BCUT2D eigenvalue weighted by Crippen LogP contribution is 2.51. The molecule has 5 rings (SSSR count). The van der Waals surface area contributed by atoms with E-state index in [1.165, 1.54) is 13.2 Å². The van der Waals surface area contributed by atoms with Gasteiger partial charge in [-0.15, -0.1) is 0 Å². The molecule has 3 heterocycles. The largest absolute Gasteiger partial charge is 0.481 e. The van der Waals surface area contributed by atoms with Crippen LogP contribution in [-0.4, -0.2) is 74.0 Å². The molecule has 9 nitrogen and oxygen atoms in total. The number of amides is 2. The maximum absolute atomic E-state index is 14.6. The summed E-state index contributed by atoms with van der Waals surface area (Å²) in [5, 5.41) is 19.6. The molecule has 2 saturated carbocycles. The van der Waals surface area contributed by atoms with E-state index in [0.717, 1.165) is 19.0 Å². The van der Waals surface area contributed by atoms with Gasteiger partial charge in [-0.1, -0.05) is 0 Å². The number of pyridine rings is 1. The van der Waals surface area contributed by atoms with E-state index in [2.05, 4.69) is 20.5 Å². The number of hydrogen-bond donors (Lipinski definition) is 3. The molecule has 2 aliphatic carbocycles. The van der Waals surface area contributed by atoms with Crippen molar-refractivity contribution in [1.82, 2.24) is 25.4 Å². The van der Waals surface area contributed by atoms with Crippen molar-refractivity contribution in [2.24, 2.45) is 5.92 Å². The summed E-state index contributed by atoms with van der Waals surface area (Å²) in [5.74, 6) is -1.22. The zero-order valence-corrected chi connectivity index (χ0v) is 21.7. The van der Waals surface area contributed by atoms with Gasteiger partial charge in [-0.05, 0) is 64.4 Å². The molecule has 1 atom stereocenters. The molecule has 2 amide bonds. The molecule has 3 N–H and O–H groups in total. The Labute approximate surface area is 222 Å². The topological polar surface area (TPSA) is 120 Å². The van der Waals surface area contributed by atoms with Crippen molar-refractivity contribution < 1.29 is 37.0 Å². The number of carbonyl (C=O) groups excluding carboxylic acids is 2. The summed E-state index contributed by atoms with van der Waals surface area (Å²) in [6, 6.07) is 1.07. The lowest BCUT2D eigenvalue weighted by molar-refractivity contribution is -0.270. The number of H-pyrrole nitrogens is 1. The normalized spacial score (nSPS) is 26.4. The maximum Gasteiger partial charge on any atom is 0.417 e. The first-order valence-corrected chi connectivity index (χ1v) is 13.0. The van der Waals surface area contributed by atoms with Crippen LogP contribution in [0.25, 0.3) is 11.3 Å². The third-order valence-corrected chi connectivity index (χ3v) is 8.52. The number of aromatic amines is 1. The lowest BCUT2D eigenvalue weighted by Crippen LogP contribution is -2.54. The molecule has 2 aromatic rings. The highest BCUT2D eigenvalue weighted by molar-refractivity contribution is 5.94. The Hall–Kier alpha value is -3.22. The van der Waals surface area contributed by atoms with E-state index >= 15 is 0 Å². The molecule has 0 bridgehead atoms. The summed E-state index contributed by atoms with van der Waals surface area (Å²) in [5.41, 5.74) is -2.07. The minimum Gasteiger partial charge on any atom is -0.481 e. The van der Waals surface area contributed by atoms with Crippen molar-refractivity contribution in [3.63, 3.8) is 0 Å². The number of hydrogen-bond acceptors (Lipinski definition) is 6. The SMILES string of the molecule is COc1ncc(F)c(-c2cc(C(=O)N3CC[C@H](C(=O)NC4CCC(O)(C(F)(F)F)CC4)CC34CC4)[nH]n2)c1C. The van der Waals surface area contributed by atoms with Crippen LogP contribution in [0.1, 0.15) is 67.4 Å². The maximum atomic E-state index is 14.6. The van der Waals surface area contributed by atoms with Crippen molar-refractivity contribution >= 4 is 11.8 Å². The molecule has 0 unspecified atom stereocenters. The number of nitrogens with zero attached hydrogens (tertiary/aromatic N) is 3. The van der Waals surface area contributed by atoms with Gasteiger partial charge in [0.15, 0.2) is 11.4 Å². The number of methoxy groups -OCH3 is 1. The van der Waals surface area contributed by atoms with E-state index in [9.17, 15) is 32.3 Å². The van der Waals surface area contributed by atoms with E-state index in [-0.39, 0.29) is 53.4 Å². The Bertz CT molecular complexity index is 1270. The van der Waals surface area contributed by atoms with Crippen molar-refractivity contribution in [3.05, 3.63) is 29.3 Å². The van der Waals surface area contributed by atoms with Gasteiger partial charge in [0.1, 0.15) is 5.69 Å². The van der Waals surface area contributed by atoms with Crippen molar-refractivity contribution in [1.29, 1.82) is 0 Å². The fourth-order valence-electron chi connectivity index (χ4n) is 5.98. The monoisotopic (exact) mass is 553 g/mol. The molecule has 212 valence electrons. The predicted molar refractivity (Wildman–Crippen MR) is 130 cm³/mol. The summed E-state index contributed by atoms with van der Waals surface area (Å²) in [6.07, 6.45) is -2.09. The second kappa shape index (κ2) is 9.76. The smallest absolute Gasteiger partial charge is 0.417 e. The van der Waals surface area contributed by atoms with Crippen LogP contribution < -0.4 is 10.1 Å². The number of carbonyl (C=O) groups is 2. The number of rotatable bonds is 5. The van der Waals surface area contributed by atoms with Crippen molar-refractivity contribution in [2.75, 3.05) is 13.7 Å². The highest BCUT2D eigenvalue weighted by atomic mass is 19.4. The fraction of sp³-hybridized carbons (Fsp3) is 0.615. The molecule has 1 saturated heterocycles. The van der Waals surface area contributed by atoms with Gasteiger partial charge in [0.2, 0.25) is 11.8 Å². The lowest BCUT2D eigenvalue weighted by Gasteiger charge is -2.41. The molecule has 39 heavy (non-hydrogen) atoms. The number of aliphatic hydroxyl groups is 1. The van der Waals surface area contributed by atoms with E-state index in [1.807, 2.05) is 0 Å². The molecule has 13 heteroatoms. The molecular weight excluding hydrogens is 522 g/mol. The van der Waals surface area contributed by atoms with Crippen LogP contribution in [0.15, 0.2) is 12.3 Å². The van der Waals surface area contributed by atoms with Crippen LogP contribution in [0.5, 0.6) is 5.88 Å². The van der Waals surface area contributed by atoms with Crippen molar-refractivity contribution in [3.8, 4) is 17.1 Å². The van der Waals surface area contributed by atoms with Gasteiger partial charge in [0, 0.05) is 35.2 Å². The number of nitrogens with one attached hydrogen (secondary N) is 2. The molecular formula is C26H31F4N5O4. The predicted octanol–water partition coefficient (Wildman–Crippen LogP) is 3.66. The Balaban J connectivity index is 1.22. The first kappa shape index (κ1) is 27.4. The third-order valence-electron chi connectivity index (χ3n) is 8.52. The second-order valence-electron chi connectivity index (χ2n) is 11.0. The van der Waals surface area contributed by atoms with Crippen LogP contribution in [0.2, 0.25) is 0 Å². The van der Waals surface area contributed by atoms with E-state index in [1.54, 1.807) is 11.8 Å². The van der Waals surface area contributed by atoms with Crippen LogP contribution in [-0.2, 0) is 4.79 Å². The number of halogens is 4. The average Bonchev–Trinajstić information content (AvgIpc) is 3.47. The molecule has 0 aromatic carbocycles. The van der Waals surface area contributed by atoms with Gasteiger partial charge < -0.3 is 20.1 Å². The highest BCUT2D eigenvalue weighted by Gasteiger charge is 2.56. The minimum absolute atomic E-state index is 0.0514. The number of ether oxygens (including phenoxy) is 1. The number of likely N-dealkylation sites (tertiary alicyclic amines) is 1. The first-order valence-electron chi connectivity index (χ1n) is 13.0. The van der Waals surface area contributed by atoms with Gasteiger partial charge in [-0.3, -0.25) is 14.7 Å². The molecule has 3 fully saturated rings. The fourth-order valence-corrected chi connectivity index (χ4v) is 5.98. The van der Waals surface area contributed by atoms with E-state index in [0.29, 0.717) is 24.9 Å². The Morgan fingerprint density at radius 2 is 1.90 bits per heavy atom. The lowest BCUT2D eigenvalue weighted by atomic mass is 9.81. The summed E-state index contributed by atoms with van der Waals surface area (Å²) < 4.78 is 59.0. The third kappa shape index (κ3) is 4.96. The summed E-state index contributed by atoms with van der Waals surface area (Å²) in [7, 11) is 1.43. The summed E-state index contributed by atoms with van der Waals surface area (Å²) in [4.78, 5) is 32.1. The van der Waals surface area contributed by atoms with Gasteiger partial charge >= 0.3 is 6.18 Å². The first-order chi connectivity index (χ1) is 18.4. The van der Waals surface area contributed by atoms with Crippen LogP contribution >= 0.6 is 0 Å². The van der Waals surface area contributed by atoms with E-state index in [4.69, 9.17) is 4.74 Å². The van der Waals surface area contributed by atoms with Gasteiger partial charge in [0.05, 0.1) is 19.0 Å². The van der Waals surface area contributed by atoms with Crippen LogP contribution in [0.4, 0.5) is 17.6 Å².